The van der Waals surface area contributed by atoms with Crippen molar-refractivity contribution in [2.75, 3.05) is 51.7 Å². The topological polar surface area (TPSA) is 35.9 Å². The second kappa shape index (κ2) is 13.8. The van der Waals surface area contributed by atoms with Gasteiger partial charge < -0.3 is 14.7 Å². The average molecular weight is 415 g/mol. The Labute approximate surface area is 166 Å². The van der Waals surface area contributed by atoms with Crippen LogP contribution in [-0.4, -0.2) is 77.0 Å². The van der Waals surface area contributed by atoms with Gasteiger partial charge in [0.1, 0.15) is 0 Å². The summed E-state index contributed by atoms with van der Waals surface area (Å²) in [5, 5.41) is 10.6. The molecule has 2 saturated heterocycles. The normalized spacial score (nSPS) is 21.4. The van der Waals surface area contributed by atoms with Crippen LogP contribution < -0.4 is 0 Å². The Morgan fingerprint density at radius 2 is 1.92 bits per heavy atom. The molecule has 0 amide bonds. The number of unbranched alkanes of at least 4 members (excludes halogenated alkanes) is 2. The molecule has 0 aromatic heterocycles. The Morgan fingerprint density at radius 1 is 1.17 bits per heavy atom. The van der Waals surface area contributed by atoms with Gasteiger partial charge in [-0.15, -0.1) is 12.4 Å². The van der Waals surface area contributed by atoms with Gasteiger partial charge in [0.15, 0.2) is 0 Å². The van der Waals surface area contributed by atoms with Crippen molar-refractivity contribution in [1.82, 2.24) is 9.80 Å². The molecule has 2 aliphatic heterocycles. The van der Waals surface area contributed by atoms with Gasteiger partial charge in [-0.2, -0.15) is 0 Å². The molecule has 0 aliphatic carbocycles. The van der Waals surface area contributed by atoms with Crippen LogP contribution in [0.1, 0.15) is 38.5 Å². The summed E-state index contributed by atoms with van der Waals surface area (Å²) >= 11 is 4.99. The van der Waals surface area contributed by atoms with E-state index in [4.69, 9.17) is 17.0 Å². The Bertz CT molecular complexity index is 341. The molecule has 1 unspecified atom stereocenters. The van der Waals surface area contributed by atoms with Crippen molar-refractivity contribution in [2.24, 2.45) is 0 Å². The van der Waals surface area contributed by atoms with Gasteiger partial charge in [0.25, 0.3) is 5.17 Å². The molecule has 2 aliphatic rings. The summed E-state index contributed by atoms with van der Waals surface area (Å²) in [7, 11) is 4.09. The lowest BCUT2D eigenvalue weighted by Crippen LogP contribution is -2.39. The Hall–Kier alpha value is 0.600. The number of aliphatic hydroxyl groups excluding tert-OH is 1. The van der Waals surface area contributed by atoms with Crippen LogP contribution in [0, 0.1) is 0 Å². The molecule has 0 aromatic carbocycles. The Kier molecular flexibility index (Phi) is 13.0. The van der Waals surface area contributed by atoms with Crippen LogP contribution in [0.4, 0.5) is 0 Å². The van der Waals surface area contributed by atoms with E-state index in [2.05, 4.69) is 15.7 Å². The molecule has 4 nitrogen and oxygen atoms in total. The predicted molar refractivity (Wildman–Crippen MR) is 113 cm³/mol. The number of hydrogen-bond acceptors (Lipinski definition) is 5. The fraction of sp³-hybridized carbons (Fsp3) is 0.938. The van der Waals surface area contributed by atoms with E-state index in [0.717, 1.165) is 64.0 Å². The minimum Gasteiger partial charge on any atom is -0.487 e. The SMILES string of the molecule is Cl.OC(=S)N(CCCCCC1CCSS1)CCCN1CCOCC1. The first-order chi connectivity index (χ1) is 11.3. The van der Waals surface area contributed by atoms with Crippen LogP contribution in [-0.2, 0) is 4.74 Å². The van der Waals surface area contributed by atoms with Gasteiger partial charge in [0.05, 0.1) is 13.2 Å². The van der Waals surface area contributed by atoms with E-state index in [0.29, 0.717) is 0 Å². The molecule has 2 fully saturated rings. The van der Waals surface area contributed by atoms with Gasteiger partial charge in [-0.05, 0) is 37.9 Å². The van der Waals surface area contributed by atoms with Crippen molar-refractivity contribution in [3.63, 3.8) is 0 Å². The predicted octanol–water partition coefficient (Wildman–Crippen LogP) is 3.99. The summed E-state index contributed by atoms with van der Waals surface area (Å²) in [6.45, 7) is 6.58. The monoisotopic (exact) mass is 414 g/mol. The quantitative estimate of drug-likeness (QED) is 0.329. The second-order valence-electron chi connectivity index (χ2n) is 6.26. The maximum absolute atomic E-state index is 9.70. The molecule has 0 spiro atoms. The molecule has 24 heavy (non-hydrogen) atoms. The highest BCUT2D eigenvalue weighted by Crippen LogP contribution is 2.39. The molecule has 2 rings (SSSR count). The van der Waals surface area contributed by atoms with Gasteiger partial charge in [-0.1, -0.05) is 34.4 Å². The summed E-state index contributed by atoms with van der Waals surface area (Å²) in [4.78, 5) is 4.40. The van der Waals surface area contributed by atoms with Crippen molar-refractivity contribution in [2.45, 2.75) is 43.8 Å². The molecule has 2 heterocycles. The molecular formula is C16H31ClN2O2S3. The van der Waals surface area contributed by atoms with Gasteiger partial charge in [-0.25, -0.2) is 0 Å². The highest BCUT2D eigenvalue weighted by molar-refractivity contribution is 8.77. The molecule has 0 saturated carbocycles. The largest absolute Gasteiger partial charge is 0.487 e. The minimum absolute atomic E-state index is 0. The summed E-state index contributed by atoms with van der Waals surface area (Å²) in [5.74, 6) is 1.32. The molecule has 1 atom stereocenters. The molecule has 8 heteroatoms. The second-order valence-corrected chi connectivity index (χ2v) is 9.41. The van der Waals surface area contributed by atoms with Crippen LogP contribution in [0.15, 0.2) is 0 Å². The van der Waals surface area contributed by atoms with Gasteiger partial charge in [0, 0.05) is 43.7 Å². The maximum Gasteiger partial charge on any atom is 0.256 e. The van der Waals surface area contributed by atoms with Crippen molar-refractivity contribution in [1.29, 1.82) is 0 Å². The molecule has 1 N–H and O–H groups in total. The zero-order valence-corrected chi connectivity index (χ0v) is 17.6. The standard InChI is InChI=1S/C16H30N2O2S3.ClH/c19-16(21)18(9-4-7-17-10-12-20-13-11-17)8-3-1-2-5-15-6-14-22-23-15;/h15H,1-14H2,(H,19,21);1H. The Morgan fingerprint density at radius 3 is 2.58 bits per heavy atom. The Balaban J connectivity index is 0.00000288. The van der Waals surface area contributed by atoms with Crippen LogP contribution in [0.2, 0.25) is 0 Å². The summed E-state index contributed by atoms with van der Waals surface area (Å²) in [6.07, 6.45) is 7.45. The van der Waals surface area contributed by atoms with Crippen molar-refractivity contribution >= 4 is 51.4 Å². The zero-order chi connectivity index (χ0) is 16.3. The summed E-state index contributed by atoms with van der Waals surface area (Å²) < 4.78 is 5.36. The smallest absolute Gasteiger partial charge is 0.256 e. The highest BCUT2D eigenvalue weighted by Gasteiger charge is 2.16. The first kappa shape index (κ1) is 22.6. The zero-order valence-electron chi connectivity index (χ0n) is 14.4. The summed E-state index contributed by atoms with van der Waals surface area (Å²) in [5.41, 5.74) is 0. The van der Waals surface area contributed by atoms with Crippen LogP contribution in [0.5, 0.6) is 0 Å². The van der Waals surface area contributed by atoms with Crippen LogP contribution in [0.3, 0.4) is 0 Å². The third kappa shape index (κ3) is 9.34. The van der Waals surface area contributed by atoms with Crippen molar-refractivity contribution in [3.8, 4) is 0 Å². The van der Waals surface area contributed by atoms with Gasteiger partial charge >= 0.3 is 0 Å². The van der Waals surface area contributed by atoms with E-state index in [-0.39, 0.29) is 17.6 Å². The molecule has 142 valence electrons. The van der Waals surface area contributed by atoms with Crippen LogP contribution >= 0.6 is 46.2 Å². The number of thiocarbonyl (C=S) groups is 1. The lowest BCUT2D eigenvalue weighted by atomic mass is 10.1. The number of rotatable bonds is 10. The highest BCUT2D eigenvalue weighted by atomic mass is 35.5. The lowest BCUT2D eigenvalue weighted by Gasteiger charge is -2.28. The summed E-state index contributed by atoms with van der Waals surface area (Å²) in [6, 6.07) is 0. The number of halogens is 1. The number of ether oxygens (including phenoxy) is 1. The van der Waals surface area contributed by atoms with Crippen molar-refractivity contribution in [3.05, 3.63) is 0 Å². The molecule has 0 aromatic rings. The fourth-order valence-corrected chi connectivity index (χ4v) is 6.24. The third-order valence-electron chi connectivity index (χ3n) is 4.46. The van der Waals surface area contributed by atoms with Crippen molar-refractivity contribution < 1.29 is 9.84 Å². The number of nitrogens with zero attached hydrogens (tertiary/aromatic N) is 2. The average Bonchev–Trinajstić information content (AvgIpc) is 3.07. The fourth-order valence-electron chi connectivity index (χ4n) is 3.03. The first-order valence-electron chi connectivity index (χ1n) is 8.82. The third-order valence-corrected chi connectivity index (χ3v) is 7.72. The van der Waals surface area contributed by atoms with E-state index in [1.807, 2.05) is 15.7 Å². The minimum atomic E-state index is 0. The molecule has 0 radical (unpaired) electrons. The lowest BCUT2D eigenvalue weighted by molar-refractivity contribution is 0.0367. The van der Waals surface area contributed by atoms with E-state index in [9.17, 15) is 5.11 Å². The number of hydrogen-bond donors (Lipinski definition) is 1. The maximum atomic E-state index is 9.70. The van der Waals surface area contributed by atoms with E-state index in [1.165, 1.54) is 31.4 Å². The van der Waals surface area contributed by atoms with E-state index >= 15 is 0 Å². The van der Waals surface area contributed by atoms with Crippen LogP contribution in [0.25, 0.3) is 0 Å². The van der Waals surface area contributed by atoms with E-state index in [1.54, 1.807) is 0 Å². The van der Waals surface area contributed by atoms with Gasteiger partial charge in [-0.3, -0.25) is 4.90 Å². The molecular weight excluding hydrogens is 384 g/mol. The number of aliphatic hydroxyl groups is 1. The first-order valence-corrected chi connectivity index (χ1v) is 11.6. The number of morpholine rings is 1. The molecule has 0 bridgehead atoms. The van der Waals surface area contributed by atoms with Gasteiger partial charge in [0.2, 0.25) is 0 Å². The van der Waals surface area contributed by atoms with E-state index < -0.39 is 0 Å².